The highest BCUT2D eigenvalue weighted by molar-refractivity contribution is 5.89. The van der Waals surface area contributed by atoms with E-state index in [1.807, 2.05) is 0 Å². The van der Waals surface area contributed by atoms with Crippen molar-refractivity contribution in [2.75, 3.05) is 11.5 Å². The van der Waals surface area contributed by atoms with Gasteiger partial charge in [-0.3, -0.25) is 0 Å². The SMILES string of the molecule is Cc1cc(-c2c(-c3ncco3)nc(N)n3nc(Cc4c(F)cccc4F)nc23)cc(N)n1. The zero-order valence-electron chi connectivity index (χ0n) is 16.8. The van der Waals surface area contributed by atoms with E-state index in [9.17, 15) is 8.78 Å². The minimum Gasteiger partial charge on any atom is -0.443 e. The van der Waals surface area contributed by atoms with Gasteiger partial charge in [0.15, 0.2) is 11.5 Å². The number of aromatic nitrogens is 6. The van der Waals surface area contributed by atoms with Gasteiger partial charge in [0.25, 0.3) is 0 Å². The number of halogens is 2. The Bertz CT molecular complexity index is 1420. The van der Waals surface area contributed by atoms with Crippen molar-refractivity contribution in [2.24, 2.45) is 0 Å². The summed E-state index contributed by atoms with van der Waals surface area (Å²) < 4.78 is 35.1. The van der Waals surface area contributed by atoms with Crippen molar-refractivity contribution >= 4 is 17.4 Å². The largest absolute Gasteiger partial charge is 0.443 e. The van der Waals surface area contributed by atoms with E-state index in [2.05, 4.69) is 25.0 Å². The predicted molar refractivity (Wildman–Crippen MR) is 112 cm³/mol. The highest BCUT2D eigenvalue weighted by atomic mass is 19.1. The first-order valence-corrected chi connectivity index (χ1v) is 9.53. The molecule has 4 heterocycles. The van der Waals surface area contributed by atoms with Crippen LogP contribution in [0.25, 0.3) is 28.4 Å². The van der Waals surface area contributed by atoms with Crippen LogP contribution in [-0.2, 0) is 6.42 Å². The van der Waals surface area contributed by atoms with Crippen LogP contribution in [0.15, 0.2) is 47.2 Å². The van der Waals surface area contributed by atoms with Crippen LogP contribution in [0.3, 0.4) is 0 Å². The molecule has 0 unspecified atom stereocenters. The molecule has 5 aromatic rings. The first kappa shape index (κ1) is 19.5. The fraction of sp³-hybridized carbons (Fsp3) is 0.0952. The van der Waals surface area contributed by atoms with Crippen LogP contribution in [0.4, 0.5) is 20.5 Å². The summed E-state index contributed by atoms with van der Waals surface area (Å²) >= 11 is 0. The number of hydrogen-bond donors (Lipinski definition) is 2. The molecule has 0 radical (unpaired) electrons. The molecule has 0 aliphatic carbocycles. The smallest absolute Gasteiger partial charge is 0.245 e. The second-order valence-corrected chi connectivity index (χ2v) is 7.09. The molecule has 1 aromatic carbocycles. The molecular weight excluding hydrogens is 418 g/mol. The van der Waals surface area contributed by atoms with Crippen LogP contribution in [0, 0.1) is 18.6 Å². The molecule has 9 nitrogen and oxygen atoms in total. The van der Waals surface area contributed by atoms with Crippen molar-refractivity contribution in [2.45, 2.75) is 13.3 Å². The third-order valence-electron chi connectivity index (χ3n) is 4.85. The number of fused-ring (bicyclic) bond motifs is 1. The van der Waals surface area contributed by atoms with Gasteiger partial charge in [0, 0.05) is 17.7 Å². The number of pyridine rings is 1. The van der Waals surface area contributed by atoms with Gasteiger partial charge in [-0.1, -0.05) is 6.07 Å². The van der Waals surface area contributed by atoms with E-state index in [1.165, 1.54) is 35.2 Å². The zero-order valence-corrected chi connectivity index (χ0v) is 16.8. The lowest BCUT2D eigenvalue weighted by atomic mass is 10.0. The van der Waals surface area contributed by atoms with Gasteiger partial charge in [0.2, 0.25) is 11.8 Å². The molecule has 32 heavy (non-hydrogen) atoms. The summed E-state index contributed by atoms with van der Waals surface area (Å²) in [5.74, 6) is -0.703. The summed E-state index contributed by atoms with van der Waals surface area (Å²) in [6.45, 7) is 1.79. The molecule has 0 amide bonds. The molecule has 0 atom stereocenters. The molecule has 4 aromatic heterocycles. The molecule has 5 rings (SSSR count). The van der Waals surface area contributed by atoms with Crippen LogP contribution in [0.5, 0.6) is 0 Å². The summed E-state index contributed by atoms with van der Waals surface area (Å²) in [4.78, 5) is 17.3. The van der Waals surface area contributed by atoms with Gasteiger partial charge in [-0.2, -0.15) is 4.52 Å². The van der Waals surface area contributed by atoms with E-state index >= 15 is 0 Å². The zero-order chi connectivity index (χ0) is 22.4. The number of oxazole rings is 1. The standard InChI is InChI=1S/C21H16F2N8O/c1-10-7-11(8-15(24)27-10)17-18(20-26-5-6-32-20)29-21(25)31-19(17)28-16(30-31)9-12-13(22)3-2-4-14(12)23/h2-8H,9H2,1H3,(H2,24,27)(H2,25,29). The Labute approximate surface area is 179 Å². The molecular formula is C21H16F2N8O. The summed E-state index contributed by atoms with van der Waals surface area (Å²) in [5, 5.41) is 4.33. The Hall–Kier alpha value is -4.41. The third-order valence-corrected chi connectivity index (χ3v) is 4.85. The number of rotatable bonds is 4. The van der Waals surface area contributed by atoms with E-state index in [0.29, 0.717) is 34.0 Å². The summed E-state index contributed by atoms with van der Waals surface area (Å²) in [5.41, 5.74) is 14.4. The summed E-state index contributed by atoms with van der Waals surface area (Å²) in [6.07, 6.45) is 2.71. The molecule has 0 fully saturated rings. The fourth-order valence-electron chi connectivity index (χ4n) is 3.53. The molecule has 0 bridgehead atoms. The number of hydrogen-bond acceptors (Lipinski definition) is 8. The van der Waals surface area contributed by atoms with E-state index < -0.39 is 11.6 Å². The number of nitrogen functional groups attached to an aromatic ring is 2. The average molecular weight is 434 g/mol. The Balaban J connectivity index is 1.77. The number of aryl methyl sites for hydroxylation is 1. The lowest BCUT2D eigenvalue weighted by molar-refractivity contribution is 0.559. The van der Waals surface area contributed by atoms with Gasteiger partial charge in [0.05, 0.1) is 11.8 Å². The maximum Gasteiger partial charge on any atom is 0.245 e. The van der Waals surface area contributed by atoms with Gasteiger partial charge >= 0.3 is 0 Å². The Morgan fingerprint density at radius 1 is 1.06 bits per heavy atom. The molecule has 0 saturated heterocycles. The summed E-state index contributed by atoms with van der Waals surface area (Å²) in [6, 6.07) is 7.10. The van der Waals surface area contributed by atoms with Crippen LogP contribution in [0.1, 0.15) is 17.1 Å². The van der Waals surface area contributed by atoms with Crippen molar-refractivity contribution in [1.82, 2.24) is 29.5 Å². The van der Waals surface area contributed by atoms with Crippen molar-refractivity contribution in [3.05, 3.63) is 71.5 Å². The van der Waals surface area contributed by atoms with Crippen molar-refractivity contribution < 1.29 is 13.2 Å². The molecule has 11 heteroatoms. The van der Waals surface area contributed by atoms with E-state index in [-0.39, 0.29) is 29.6 Å². The lowest BCUT2D eigenvalue weighted by Crippen LogP contribution is -2.06. The predicted octanol–water partition coefficient (Wildman–Crippen LogP) is 3.18. The van der Waals surface area contributed by atoms with Crippen LogP contribution in [-0.4, -0.2) is 29.5 Å². The first-order chi connectivity index (χ1) is 15.4. The Morgan fingerprint density at radius 3 is 2.53 bits per heavy atom. The highest BCUT2D eigenvalue weighted by Crippen LogP contribution is 2.35. The Kier molecular flexibility index (Phi) is 4.51. The molecule has 0 aliphatic rings. The van der Waals surface area contributed by atoms with E-state index in [4.69, 9.17) is 15.9 Å². The third kappa shape index (κ3) is 3.29. The highest BCUT2D eigenvalue weighted by Gasteiger charge is 2.23. The van der Waals surface area contributed by atoms with Crippen LogP contribution < -0.4 is 11.5 Å². The maximum absolute atomic E-state index is 14.2. The average Bonchev–Trinajstić information content (AvgIpc) is 3.40. The number of benzene rings is 1. The summed E-state index contributed by atoms with van der Waals surface area (Å²) in [7, 11) is 0. The normalized spacial score (nSPS) is 11.3. The molecule has 160 valence electrons. The quantitative estimate of drug-likeness (QED) is 0.440. The number of nitrogens with two attached hydrogens (primary N) is 2. The molecule has 0 saturated carbocycles. The monoisotopic (exact) mass is 434 g/mol. The maximum atomic E-state index is 14.2. The van der Waals surface area contributed by atoms with Crippen LogP contribution >= 0.6 is 0 Å². The van der Waals surface area contributed by atoms with Gasteiger partial charge in [-0.05, 0) is 36.8 Å². The topological polar surface area (TPSA) is 134 Å². The van der Waals surface area contributed by atoms with Crippen molar-refractivity contribution in [3.8, 4) is 22.7 Å². The van der Waals surface area contributed by atoms with Gasteiger partial charge in [-0.25, -0.2) is 28.7 Å². The molecule has 0 aliphatic heterocycles. The number of anilines is 2. The van der Waals surface area contributed by atoms with E-state index in [1.54, 1.807) is 19.1 Å². The van der Waals surface area contributed by atoms with Gasteiger partial charge < -0.3 is 15.9 Å². The second-order valence-electron chi connectivity index (χ2n) is 7.09. The van der Waals surface area contributed by atoms with Gasteiger partial charge in [-0.15, -0.1) is 5.10 Å². The Morgan fingerprint density at radius 2 is 1.84 bits per heavy atom. The first-order valence-electron chi connectivity index (χ1n) is 9.53. The minimum atomic E-state index is -0.687. The van der Waals surface area contributed by atoms with Gasteiger partial charge in [0.1, 0.15) is 29.4 Å². The fourth-order valence-corrected chi connectivity index (χ4v) is 3.53. The van der Waals surface area contributed by atoms with E-state index in [0.717, 1.165) is 0 Å². The second kappa shape index (κ2) is 7.38. The molecule has 4 N–H and O–H groups in total. The lowest BCUT2D eigenvalue weighted by Gasteiger charge is -2.10. The van der Waals surface area contributed by atoms with Crippen molar-refractivity contribution in [3.63, 3.8) is 0 Å². The molecule has 0 spiro atoms. The van der Waals surface area contributed by atoms with Crippen molar-refractivity contribution in [1.29, 1.82) is 0 Å². The number of nitrogens with zero attached hydrogens (tertiary/aromatic N) is 6. The minimum absolute atomic E-state index is 0.00320. The van der Waals surface area contributed by atoms with Crippen LogP contribution in [0.2, 0.25) is 0 Å².